The van der Waals surface area contributed by atoms with Crippen molar-refractivity contribution in [2.75, 3.05) is 7.11 Å². The van der Waals surface area contributed by atoms with Gasteiger partial charge in [0.2, 0.25) is 0 Å². The van der Waals surface area contributed by atoms with E-state index >= 15 is 0 Å². The SMILES string of the molecule is COC(=O)Cc1c(C(F)F)cnc(C)c1F. The van der Waals surface area contributed by atoms with Crippen molar-refractivity contribution in [3.63, 3.8) is 0 Å². The van der Waals surface area contributed by atoms with E-state index in [0.29, 0.717) is 0 Å². The highest BCUT2D eigenvalue weighted by molar-refractivity contribution is 5.73. The molecule has 6 heteroatoms. The van der Waals surface area contributed by atoms with Crippen molar-refractivity contribution in [3.8, 4) is 0 Å². The largest absolute Gasteiger partial charge is 0.469 e. The van der Waals surface area contributed by atoms with E-state index in [2.05, 4.69) is 9.72 Å². The molecule has 3 nitrogen and oxygen atoms in total. The zero-order valence-electron chi connectivity index (χ0n) is 8.76. The highest BCUT2D eigenvalue weighted by Crippen LogP contribution is 2.25. The maximum atomic E-state index is 13.5. The lowest BCUT2D eigenvalue weighted by molar-refractivity contribution is -0.139. The van der Waals surface area contributed by atoms with Crippen LogP contribution < -0.4 is 0 Å². The predicted octanol–water partition coefficient (Wildman–Crippen LogP) is 2.18. The molecule has 0 aliphatic carbocycles. The Hall–Kier alpha value is -1.59. The molecule has 1 heterocycles. The summed E-state index contributed by atoms with van der Waals surface area (Å²) in [5, 5.41) is 0. The number of pyridine rings is 1. The Labute approximate surface area is 90.2 Å². The third-order valence-corrected chi connectivity index (χ3v) is 2.11. The molecule has 0 fully saturated rings. The topological polar surface area (TPSA) is 39.2 Å². The van der Waals surface area contributed by atoms with Crippen molar-refractivity contribution in [1.29, 1.82) is 0 Å². The molecule has 0 amide bonds. The Kier molecular flexibility index (Phi) is 3.87. The number of nitrogens with zero attached hydrogens (tertiary/aromatic N) is 1. The van der Waals surface area contributed by atoms with E-state index in [1.807, 2.05) is 0 Å². The molecule has 0 aromatic carbocycles. The Bertz CT molecular complexity index is 407. The van der Waals surface area contributed by atoms with E-state index in [0.717, 1.165) is 13.3 Å². The van der Waals surface area contributed by atoms with E-state index in [1.165, 1.54) is 6.92 Å². The van der Waals surface area contributed by atoms with Crippen molar-refractivity contribution in [2.24, 2.45) is 0 Å². The molecule has 0 unspecified atom stereocenters. The summed E-state index contributed by atoms with van der Waals surface area (Å²) in [6, 6.07) is 0. The van der Waals surface area contributed by atoms with Crippen LogP contribution in [0.15, 0.2) is 6.20 Å². The van der Waals surface area contributed by atoms with Crippen LogP contribution in [0.3, 0.4) is 0 Å². The Morgan fingerprint density at radius 1 is 1.56 bits per heavy atom. The van der Waals surface area contributed by atoms with Crippen LogP contribution in [0.4, 0.5) is 13.2 Å². The summed E-state index contributed by atoms with van der Waals surface area (Å²) in [7, 11) is 1.11. The number of aryl methyl sites for hydroxylation is 1. The molecule has 1 rings (SSSR count). The number of halogens is 3. The first kappa shape index (κ1) is 12.5. The molecule has 0 aliphatic heterocycles. The van der Waals surface area contributed by atoms with Crippen molar-refractivity contribution >= 4 is 5.97 Å². The number of rotatable bonds is 3. The van der Waals surface area contributed by atoms with Crippen LogP contribution in [-0.2, 0) is 16.0 Å². The molecule has 1 aromatic heterocycles. The van der Waals surface area contributed by atoms with E-state index in [4.69, 9.17) is 0 Å². The first-order valence-electron chi connectivity index (χ1n) is 4.46. The third-order valence-electron chi connectivity index (χ3n) is 2.11. The second-order valence-electron chi connectivity index (χ2n) is 3.15. The van der Waals surface area contributed by atoms with Gasteiger partial charge in [0.25, 0.3) is 6.43 Å². The molecule has 0 spiro atoms. The zero-order valence-corrected chi connectivity index (χ0v) is 8.76. The highest BCUT2D eigenvalue weighted by Gasteiger charge is 2.21. The van der Waals surface area contributed by atoms with Gasteiger partial charge in [-0.25, -0.2) is 13.2 Å². The van der Waals surface area contributed by atoms with Gasteiger partial charge in [-0.3, -0.25) is 9.78 Å². The lowest BCUT2D eigenvalue weighted by Crippen LogP contribution is -2.11. The fourth-order valence-corrected chi connectivity index (χ4v) is 1.23. The molecular weight excluding hydrogens is 223 g/mol. The van der Waals surface area contributed by atoms with Gasteiger partial charge in [-0.2, -0.15) is 0 Å². The van der Waals surface area contributed by atoms with E-state index in [-0.39, 0.29) is 11.3 Å². The number of hydrogen-bond donors (Lipinski definition) is 0. The summed E-state index contributed by atoms with van der Waals surface area (Å²) in [5.41, 5.74) is -0.953. The first-order valence-corrected chi connectivity index (χ1v) is 4.46. The average Bonchev–Trinajstić information content (AvgIpc) is 2.24. The van der Waals surface area contributed by atoms with Crippen LogP contribution in [-0.4, -0.2) is 18.1 Å². The minimum Gasteiger partial charge on any atom is -0.469 e. The molecule has 0 saturated heterocycles. The predicted molar refractivity (Wildman–Crippen MR) is 49.6 cm³/mol. The molecule has 16 heavy (non-hydrogen) atoms. The number of carbonyl (C=O) groups excluding carboxylic acids is 1. The minimum absolute atomic E-state index is 0.0247. The van der Waals surface area contributed by atoms with Crippen LogP contribution in [0.25, 0.3) is 0 Å². The first-order chi connectivity index (χ1) is 7.47. The maximum absolute atomic E-state index is 13.5. The molecule has 1 aromatic rings. The highest BCUT2D eigenvalue weighted by atomic mass is 19.3. The van der Waals surface area contributed by atoms with Gasteiger partial charge < -0.3 is 4.74 Å². The average molecular weight is 233 g/mol. The molecule has 0 N–H and O–H groups in total. The van der Waals surface area contributed by atoms with Crippen LogP contribution in [0.2, 0.25) is 0 Å². The zero-order chi connectivity index (χ0) is 12.3. The minimum atomic E-state index is -2.87. The fraction of sp³-hybridized carbons (Fsp3) is 0.400. The van der Waals surface area contributed by atoms with Gasteiger partial charge >= 0.3 is 5.97 Å². The molecule has 0 aliphatic rings. The number of carbonyl (C=O) groups is 1. The number of methoxy groups -OCH3 is 1. The van der Waals surface area contributed by atoms with Gasteiger partial charge in [0.05, 0.1) is 19.2 Å². The standard InChI is InChI=1S/C10H10F3NO2/c1-5-9(11)6(3-8(15)16-2)7(4-14-5)10(12)13/h4,10H,3H2,1-2H3. The Balaban J connectivity index is 3.20. The maximum Gasteiger partial charge on any atom is 0.310 e. The van der Waals surface area contributed by atoms with Gasteiger partial charge in [0.15, 0.2) is 0 Å². The fourth-order valence-electron chi connectivity index (χ4n) is 1.23. The van der Waals surface area contributed by atoms with Crippen molar-refractivity contribution in [2.45, 2.75) is 19.8 Å². The van der Waals surface area contributed by atoms with Gasteiger partial charge in [-0.15, -0.1) is 0 Å². The third kappa shape index (κ3) is 2.50. The number of alkyl halides is 2. The van der Waals surface area contributed by atoms with Crippen molar-refractivity contribution < 1.29 is 22.7 Å². The Morgan fingerprint density at radius 2 is 2.19 bits per heavy atom. The molecule has 0 saturated carbocycles. The summed E-state index contributed by atoms with van der Waals surface area (Å²) < 4.78 is 42.9. The summed E-state index contributed by atoms with van der Waals surface area (Å²) in [6.07, 6.45) is -2.52. The van der Waals surface area contributed by atoms with Crippen LogP contribution >= 0.6 is 0 Å². The summed E-state index contributed by atoms with van der Waals surface area (Å²) >= 11 is 0. The normalized spacial score (nSPS) is 10.6. The van der Waals surface area contributed by atoms with Crippen molar-refractivity contribution in [1.82, 2.24) is 4.98 Å². The van der Waals surface area contributed by atoms with Gasteiger partial charge in [0, 0.05) is 17.3 Å². The van der Waals surface area contributed by atoms with Gasteiger partial charge in [-0.05, 0) is 6.92 Å². The van der Waals surface area contributed by atoms with Crippen LogP contribution in [0.1, 0.15) is 23.2 Å². The number of ether oxygens (including phenoxy) is 1. The van der Waals surface area contributed by atoms with Gasteiger partial charge in [-0.1, -0.05) is 0 Å². The molecule has 0 radical (unpaired) electrons. The second kappa shape index (κ2) is 4.96. The van der Waals surface area contributed by atoms with Crippen LogP contribution in [0, 0.1) is 12.7 Å². The molecular formula is C10H10F3NO2. The lowest BCUT2D eigenvalue weighted by Gasteiger charge is -2.10. The lowest BCUT2D eigenvalue weighted by atomic mass is 10.1. The molecule has 0 atom stereocenters. The number of hydrogen-bond acceptors (Lipinski definition) is 3. The number of esters is 1. The second-order valence-corrected chi connectivity index (χ2v) is 3.15. The monoisotopic (exact) mass is 233 g/mol. The van der Waals surface area contributed by atoms with E-state index < -0.39 is 30.2 Å². The summed E-state index contributed by atoms with van der Waals surface area (Å²) in [4.78, 5) is 14.5. The van der Waals surface area contributed by atoms with Crippen LogP contribution in [0.5, 0.6) is 0 Å². The van der Waals surface area contributed by atoms with Crippen molar-refractivity contribution in [3.05, 3.63) is 28.8 Å². The molecule has 0 bridgehead atoms. The van der Waals surface area contributed by atoms with E-state index in [9.17, 15) is 18.0 Å². The smallest absolute Gasteiger partial charge is 0.310 e. The van der Waals surface area contributed by atoms with E-state index in [1.54, 1.807) is 0 Å². The Morgan fingerprint density at radius 3 is 2.69 bits per heavy atom. The number of aromatic nitrogens is 1. The summed E-state index contributed by atoms with van der Waals surface area (Å²) in [5.74, 6) is -1.66. The molecule has 88 valence electrons. The summed E-state index contributed by atoms with van der Waals surface area (Å²) in [6.45, 7) is 1.34. The quantitative estimate of drug-likeness (QED) is 0.751. The van der Waals surface area contributed by atoms with Gasteiger partial charge in [0.1, 0.15) is 5.82 Å².